The summed E-state index contributed by atoms with van der Waals surface area (Å²) in [5.74, 6) is 1.49. The minimum absolute atomic E-state index is 0.141. The number of nitrogens with one attached hydrogen (secondary N) is 2. The lowest BCUT2D eigenvalue weighted by Crippen LogP contribution is -2.46. The molecule has 1 heterocycles. The fourth-order valence-corrected chi connectivity index (χ4v) is 2.30. The molecule has 0 unspecified atom stereocenters. The van der Waals surface area contributed by atoms with Gasteiger partial charge in [-0.1, -0.05) is 12.1 Å². The first-order valence-electron chi connectivity index (χ1n) is 7.88. The molecule has 1 aromatic heterocycles. The molecule has 0 aliphatic rings. The van der Waals surface area contributed by atoms with E-state index in [0.29, 0.717) is 18.7 Å². The number of carbonyl (C=O) groups excluding carboxylic acids is 1. The van der Waals surface area contributed by atoms with Crippen molar-refractivity contribution in [3.05, 3.63) is 54.0 Å². The second kappa shape index (κ2) is 8.40. The van der Waals surface area contributed by atoms with Crippen molar-refractivity contribution in [3.63, 3.8) is 0 Å². The summed E-state index contributed by atoms with van der Waals surface area (Å²) in [7, 11) is 1.63. The molecule has 2 rings (SSSR count). The molecule has 0 saturated carbocycles. The van der Waals surface area contributed by atoms with Crippen molar-refractivity contribution in [3.8, 4) is 5.75 Å². The maximum absolute atomic E-state index is 11.8. The third-order valence-corrected chi connectivity index (χ3v) is 3.62. The van der Waals surface area contributed by atoms with E-state index in [2.05, 4.69) is 10.6 Å². The van der Waals surface area contributed by atoms with Crippen molar-refractivity contribution < 1.29 is 19.1 Å². The van der Waals surface area contributed by atoms with Crippen molar-refractivity contribution in [2.75, 3.05) is 20.2 Å². The van der Waals surface area contributed by atoms with Gasteiger partial charge in [-0.3, -0.25) is 0 Å². The van der Waals surface area contributed by atoms with E-state index >= 15 is 0 Å². The Morgan fingerprint density at radius 2 is 2.00 bits per heavy atom. The molecule has 0 radical (unpaired) electrons. The van der Waals surface area contributed by atoms with Crippen LogP contribution in [0.5, 0.6) is 5.75 Å². The zero-order valence-corrected chi connectivity index (χ0v) is 14.0. The average molecular weight is 332 g/mol. The lowest BCUT2D eigenvalue weighted by atomic mass is 10.0. The number of urea groups is 1. The first-order chi connectivity index (χ1) is 11.5. The largest absolute Gasteiger partial charge is 0.497 e. The standard InChI is InChI=1S/C18H24N2O4/c1-18(22,12-16-4-3-11-24-16)13-20-17(21)19-10-9-14-5-7-15(23-2)8-6-14/h3-8,11,22H,9-10,12-13H2,1-2H3,(H2,19,20,21)/t18-/m1/s1. The van der Waals surface area contributed by atoms with Crippen LogP contribution in [0.4, 0.5) is 4.79 Å². The second-order valence-electron chi connectivity index (χ2n) is 5.96. The van der Waals surface area contributed by atoms with Gasteiger partial charge >= 0.3 is 6.03 Å². The van der Waals surface area contributed by atoms with Crippen molar-refractivity contribution in [2.24, 2.45) is 0 Å². The number of rotatable bonds is 8. The molecule has 0 bridgehead atoms. The molecule has 1 atom stereocenters. The van der Waals surface area contributed by atoms with Crippen LogP contribution in [0.2, 0.25) is 0 Å². The van der Waals surface area contributed by atoms with Crippen LogP contribution in [0.1, 0.15) is 18.2 Å². The zero-order valence-electron chi connectivity index (χ0n) is 14.0. The molecule has 2 aromatic rings. The number of aliphatic hydroxyl groups is 1. The molecule has 0 aliphatic carbocycles. The van der Waals surface area contributed by atoms with E-state index in [0.717, 1.165) is 17.7 Å². The monoisotopic (exact) mass is 332 g/mol. The Morgan fingerprint density at radius 3 is 2.62 bits per heavy atom. The quantitative estimate of drug-likeness (QED) is 0.691. The van der Waals surface area contributed by atoms with Gasteiger partial charge in [0.1, 0.15) is 11.5 Å². The van der Waals surface area contributed by atoms with E-state index in [1.807, 2.05) is 24.3 Å². The van der Waals surface area contributed by atoms with Crippen LogP contribution in [0.3, 0.4) is 0 Å². The van der Waals surface area contributed by atoms with Crippen LogP contribution in [0.15, 0.2) is 47.1 Å². The molecule has 0 aliphatic heterocycles. The summed E-state index contributed by atoms with van der Waals surface area (Å²) in [4.78, 5) is 11.8. The Labute approximate surface area is 141 Å². The number of hydrogen-bond donors (Lipinski definition) is 3. The maximum Gasteiger partial charge on any atom is 0.314 e. The van der Waals surface area contributed by atoms with E-state index < -0.39 is 5.60 Å². The van der Waals surface area contributed by atoms with E-state index in [9.17, 15) is 9.90 Å². The lowest BCUT2D eigenvalue weighted by Gasteiger charge is -2.22. The van der Waals surface area contributed by atoms with Gasteiger partial charge < -0.3 is 24.9 Å². The van der Waals surface area contributed by atoms with Gasteiger partial charge in [0.15, 0.2) is 0 Å². The maximum atomic E-state index is 11.8. The van der Waals surface area contributed by atoms with Gasteiger partial charge in [0.05, 0.1) is 19.0 Å². The van der Waals surface area contributed by atoms with E-state index in [4.69, 9.17) is 9.15 Å². The van der Waals surface area contributed by atoms with Crippen LogP contribution < -0.4 is 15.4 Å². The molecule has 130 valence electrons. The first-order valence-corrected chi connectivity index (χ1v) is 7.88. The number of amides is 2. The Hall–Kier alpha value is -2.47. The smallest absolute Gasteiger partial charge is 0.314 e. The van der Waals surface area contributed by atoms with Gasteiger partial charge in [-0.2, -0.15) is 0 Å². The van der Waals surface area contributed by atoms with E-state index in [1.165, 1.54) is 0 Å². The highest BCUT2D eigenvalue weighted by atomic mass is 16.5. The van der Waals surface area contributed by atoms with Crippen molar-refractivity contribution in [1.82, 2.24) is 10.6 Å². The molecular formula is C18H24N2O4. The van der Waals surface area contributed by atoms with Gasteiger partial charge in [-0.05, 0) is 43.2 Å². The van der Waals surface area contributed by atoms with Crippen molar-refractivity contribution in [2.45, 2.75) is 25.4 Å². The highest BCUT2D eigenvalue weighted by Crippen LogP contribution is 2.13. The summed E-state index contributed by atoms with van der Waals surface area (Å²) in [5, 5.41) is 15.7. The first kappa shape index (κ1) is 17.9. The fraction of sp³-hybridized carbons (Fsp3) is 0.389. The normalized spacial score (nSPS) is 13.1. The minimum atomic E-state index is -1.06. The molecule has 1 aromatic carbocycles. The molecule has 0 fully saturated rings. The molecule has 6 nitrogen and oxygen atoms in total. The summed E-state index contributed by atoms with van der Waals surface area (Å²) < 4.78 is 10.3. The zero-order chi connectivity index (χ0) is 17.4. The molecule has 3 N–H and O–H groups in total. The highest BCUT2D eigenvalue weighted by Gasteiger charge is 2.23. The summed E-state index contributed by atoms with van der Waals surface area (Å²) >= 11 is 0. The number of furan rings is 1. The fourth-order valence-electron chi connectivity index (χ4n) is 2.30. The van der Waals surface area contributed by atoms with E-state index in [1.54, 1.807) is 32.4 Å². The number of methoxy groups -OCH3 is 1. The summed E-state index contributed by atoms with van der Waals surface area (Å²) in [5.41, 5.74) is 0.0477. The van der Waals surface area contributed by atoms with Crippen LogP contribution >= 0.6 is 0 Å². The molecule has 24 heavy (non-hydrogen) atoms. The number of hydrogen-bond acceptors (Lipinski definition) is 4. The third-order valence-electron chi connectivity index (χ3n) is 3.62. The second-order valence-corrected chi connectivity index (χ2v) is 5.96. The summed E-state index contributed by atoms with van der Waals surface area (Å²) in [6.07, 6.45) is 2.62. The Balaban J connectivity index is 1.67. The van der Waals surface area contributed by atoms with Crippen LogP contribution in [-0.4, -0.2) is 36.9 Å². The lowest BCUT2D eigenvalue weighted by molar-refractivity contribution is 0.0572. The van der Waals surface area contributed by atoms with Crippen LogP contribution in [0, 0.1) is 0 Å². The number of carbonyl (C=O) groups is 1. The molecule has 0 saturated heterocycles. The Bertz CT molecular complexity index is 621. The number of ether oxygens (including phenoxy) is 1. The van der Waals surface area contributed by atoms with Gasteiger partial charge in [0.2, 0.25) is 0 Å². The highest BCUT2D eigenvalue weighted by molar-refractivity contribution is 5.73. The molecular weight excluding hydrogens is 308 g/mol. The van der Waals surface area contributed by atoms with Gasteiger partial charge in [0, 0.05) is 19.5 Å². The van der Waals surface area contributed by atoms with E-state index in [-0.39, 0.29) is 12.6 Å². The average Bonchev–Trinajstić information content (AvgIpc) is 3.06. The molecule has 2 amide bonds. The SMILES string of the molecule is COc1ccc(CCNC(=O)NC[C@](C)(O)Cc2ccco2)cc1. The van der Waals surface area contributed by atoms with Crippen LogP contribution in [-0.2, 0) is 12.8 Å². The van der Waals surface area contributed by atoms with Crippen LogP contribution in [0.25, 0.3) is 0 Å². The van der Waals surface area contributed by atoms with Crippen molar-refractivity contribution >= 4 is 6.03 Å². The minimum Gasteiger partial charge on any atom is -0.497 e. The topological polar surface area (TPSA) is 83.7 Å². The Kier molecular flexibility index (Phi) is 6.26. The third kappa shape index (κ3) is 5.96. The predicted molar refractivity (Wildman–Crippen MR) is 91.1 cm³/mol. The Morgan fingerprint density at radius 1 is 1.25 bits per heavy atom. The molecule has 0 spiro atoms. The summed E-state index contributed by atoms with van der Waals surface area (Å²) in [6, 6.07) is 11.0. The van der Waals surface area contributed by atoms with Crippen molar-refractivity contribution in [1.29, 1.82) is 0 Å². The van der Waals surface area contributed by atoms with Gasteiger partial charge in [-0.25, -0.2) is 4.79 Å². The molecule has 6 heteroatoms. The number of benzene rings is 1. The predicted octanol–water partition coefficient (Wildman–Crippen LogP) is 2.12. The van der Waals surface area contributed by atoms with Gasteiger partial charge in [-0.15, -0.1) is 0 Å². The van der Waals surface area contributed by atoms with Gasteiger partial charge in [0.25, 0.3) is 0 Å². The summed E-state index contributed by atoms with van der Waals surface area (Å²) in [6.45, 7) is 2.31.